The summed E-state index contributed by atoms with van der Waals surface area (Å²) in [6, 6.07) is 5.13. The number of hydrogen-bond acceptors (Lipinski definition) is 6. The van der Waals surface area contributed by atoms with E-state index in [0.717, 1.165) is 12.8 Å². The SMILES string of the molecule is CC(NC(=O)c1nc(-c2ccccn2)nc(O)c1O)C1CCCC1. The number of rotatable bonds is 4. The van der Waals surface area contributed by atoms with Gasteiger partial charge in [0.1, 0.15) is 5.69 Å². The van der Waals surface area contributed by atoms with Gasteiger partial charge in [0.05, 0.1) is 0 Å². The molecule has 1 atom stereocenters. The van der Waals surface area contributed by atoms with Gasteiger partial charge in [-0.15, -0.1) is 0 Å². The number of carbonyl (C=O) groups excluding carboxylic acids is 1. The Hall–Kier alpha value is -2.70. The molecule has 7 heteroatoms. The van der Waals surface area contributed by atoms with Crippen LogP contribution in [0.4, 0.5) is 0 Å². The Kier molecular flexibility index (Phi) is 4.59. The Morgan fingerprint density at radius 3 is 2.67 bits per heavy atom. The zero-order chi connectivity index (χ0) is 17.1. The molecule has 126 valence electrons. The van der Waals surface area contributed by atoms with E-state index in [1.165, 1.54) is 12.8 Å². The maximum atomic E-state index is 12.5. The lowest BCUT2D eigenvalue weighted by molar-refractivity contribution is 0.0918. The fourth-order valence-electron chi connectivity index (χ4n) is 3.06. The average molecular weight is 328 g/mol. The van der Waals surface area contributed by atoms with Crippen LogP contribution in [0.15, 0.2) is 24.4 Å². The van der Waals surface area contributed by atoms with Crippen molar-refractivity contribution >= 4 is 5.91 Å². The monoisotopic (exact) mass is 328 g/mol. The van der Waals surface area contributed by atoms with Crippen LogP contribution in [0.25, 0.3) is 11.5 Å². The molecule has 7 nitrogen and oxygen atoms in total. The highest BCUT2D eigenvalue weighted by atomic mass is 16.3. The van der Waals surface area contributed by atoms with Crippen molar-refractivity contribution in [3.63, 3.8) is 0 Å². The molecule has 0 saturated heterocycles. The van der Waals surface area contributed by atoms with Crippen molar-refractivity contribution in [1.29, 1.82) is 0 Å². The number of aromatic hydroxyl groups is 2. The number of hydrogen-bond donors (Lipinski definition) is 3. The summed E-state index contributed by atoms with van der Waals surface area (Å²) in [5, 5.41) is 22.7. The molecule has 1 amide bonds. The van der Waals surface area contributed by atoms with Crippen LogP contribution >= 0.6 is 0 Å². The fraction of sp³-hybridized carbons (Fsp3) is 0.412. The third kappa shape index (κ3) is 3.29. The van der Waals surface area contributed by atoms with Crippen LogP contribution in [0.1, 0.15) is 43.1 Å². The van der Waals surface area contributed by atoms with E-state index in [1.54, 1.807) is 24.4 Å². The third-order valence-electron chi connectivity index (χ3n) is 4.44. The Bertz CT molecular complexity index is 730. The predicted molar refractivity (Wildman–Crippen MR) is 87.5 cm³/mol. The van der Waals surface area contributed by atoms with Crippen molar-refractivity contribution in [3.05, 3.63) is 30.1 Å². The maximum Gasteiger partial charge on any atom is 0.274 e. The van der Waals surface area contributed by atoms with Crippen LogP contribution < -0.4 is 5.32 Å². The van der Waals surface area contributed by atoms with Gasteiger partial charge in [-0.3, -0.25) is 9.78 Å². The van der Waals surface area contributed by atoms with Gasteiger partial charge in [0, 0.05) is 12.2 Å². The molecule has 0 radical (unpaired) electrons. The number of nitrogens with zero attached hydrogens (tertiary/aromatic N) is 3. The van der Waals surface area contributed by atoms with Crippen LogP contribution in [0.3, 0.4) is 0 Å². The number of pyridine rings is 1. The van der Waals surface area contributed by atoms with Gasteiger partial charge in [0.2, 0.25) is 5.75 Å². The standard InChI is InChI=1S/C17H20N4O3/c1-10(11-6-2-3-7-11)19-16(23)13-14(22)17(24)21-15(20-13)12-8-4-5-9-18-12/h4-5,8-11,22H,2-3,6-7H2,1H3,(H,19,23)(H,20,21,24). The van der Waals surface area contributed by atoms with E-state index < -0.39 is 17.5 Å². The summed E-state index contributed by atoms with van der Waals surface area (Å²) in [5.74, 6) is -1.26. The van der Waals surface area contributed by atoms with E-state index in [1.807, 2.05) is 6.92 Å². The lowest BCUT2D eigenvalue weighted by Crippen LogP contribution is -2.37. The second-order valence-electron chi connectivity index (χ2n) is 6.09. The highest BCUT2D eigenvalue weighted by Gasteiger charge is 2.26. The summed E-state index contributed by atoms with van der Waals surface area (Å²) in [6.45, 7) is 1.95. The molecule has 0 aromatic carbocycles. The molecule has 0 bridgehead atoms. The Labute approximate surface area is 139 Å². The van der Waals surface area contributed by atoms with Crippen molar-refractivity contribution in [2.24, 2.45) is 5.92 Å². The van der Waals surface area contributed by atoms with Gasteiger partial charge in [-0.1, -0.05) is 18.9 Å². The number of amides is 1. The quantitative estimate of drug-likeness (QED) is 0.794. The molecule has 2 aromatic rings. The first kappa shape index (κ1) is 16.2. The van der Waals surface area contributed by atoms with Crippen molar-refractivity contribution in [3.8, 4) is 23.1 Å². The van der Waals surface area contributed by atoms with E-state index in [2.05, 4.69) is 20.3 Å². The summed E-state index contributed by atoms with van der Waals surface area (Å²) in [5.41, 5.74) is 0.165. The maximum absolute atomic E-state index is 12.5. The van der Waals surface area contributed by atoms with E-state index >= 15 is 0 Å². The first-order valence-electron chi connectivity index (χ1n) is 8.08. The molecule has 3 N–H and O–H groups in total. The minimum absolute atomic E-state index is 0.0187. The van der Waals surface area contributed by atoms with Gasteiger partial charge in [-0.25, -0.2) is 4.98 Å². The molecule has 2 heterocycles. The smallest absolute Gasteiger partial charge is 0.274 e. The Morgan fingerprint density at radius 1 is 1.25 bits per heavy atom. The highest BCUT2D eigenvalue weighted by Crippen LogP contribution is 2.30. The third-order valence-corrected chi connectivity index (χ3v) is 4.44. The van der Waals surface area contributed by atoms with E-state index in [4.69, 9.17) is 0 Å². The van der Waals surface area contributed by atoms with Crippen molar-refractivity contribution in [2.45, 2.75) is 38.6 Å². The zero-order valence-corrected chi connectivity index (χ0v) is 13.4. The lowest BCUT2D eigenvalue weighted by Gasteiger charge is -2.20. The normalized spacial score (nSPS) is 16.0. The second-order valence-corrected chi connectivity index (χ2v) is 6.09. The summed E-state index contributed by atoms with van der Waals surface area (Å²) in [6.07, 6.45) is 6.08. The van der Waals surface area contributed by atoms with Crippen molar-refractivity contribution in [1.82, 2.24) is 20.3 Å². The molecule has 0 spiro atoms. The summed E-state index contributed by atoms with van der Waals surface area (Å²) in [4.78, 5) is 24.5. The number of aromatic nitrogens is 3. The second kappa shape index (κ2) is 6.82. The average Bonchev–Trinajstić information content (AvgIpc) is 3.12. The molecule has 3 rings (SSSR count). The van der Waals surface area contributed by atoms with Crippen LogP contribution in [-0.2, 0) is 0 Å². The highest BCUT2D eigenvalue weighted by molar-refractivity contribution is 5.96. The Balaban J connectivity index is 1.86. The first-order valence-corrected chi connectivity index (χ1v) is 8.08. The van der Waals surface area contributed by atoms with Gasteiger partial charge in [0.15, 0.2) is 11.5 Å². The largest absolute Gasteiger partial charge is 0.501 e. The summed E-state index contributed by atoms with van der Waals surface area (Å²) in [7, 11) is 0. The molecule has 1 saturated carbocycles. The minimum Gasteiger partial charge on any atom is -0.501 e. The van der Waals surface area contributed by atoms with Gasteiger partial charge >= 0.3 is 0 Å². The molecule has 24 heavy (non-hydrogen) atoms. The molecular formula is C17H20N4O3. The Morgan fingerprint density at radius 2 is 2.00 bits per heavy atom. The van der Waals surface area contributed by atoms with Gasteiger partial charge < -0.3 is 15.5 Å². The predicted octanol–water partition coefficient (Wildman–Crippen LogP) is 2.26. The number of nitrogens with one attached hydrogen (secondary N) is 1. The van der Waals surface area contributed by atoms with E-state index in [9.17, 15) is 15.0 Å². The van der Waals surface area contributed by atoms with E-state index in [-0.39, 0.29) is 17.6 Å². The van der Waals surface area contributed by atoms with Crippen LogP contribution in [0.5, 0.6) is 11.6 Å². The zero-order valence-electron chi connectivity index (χ0n) is 13.4. The van der Waals surface area contributed by atoms with Crippen molar-refractivity contribution in [2.75, 3.05) is 0 Å². The van der Waals surface area contributed by atoms with E-state index in [0.29, 0.717) is 11.6 Å². The molecule has 1 aliphatic carbocycles. The molecule has 2 aromatic heterocycles. The molecule has 1 aliphatic rings. The lowest BCUT2D eigenvalue weighted by atomic mass is 10.00. The summed E-state index contributed by atoms with van der Waals surface area (Å²) >= 11 is 0. The molecular weight excluding hydrogens is 308 g/mol. The van der Waals surface area contributed by atoms with Crippen molar-refractivity contribution < 1.29 is 15.0 Å². The molecule has 0 aliphatic heterocycles. The fourth-order valence-corrected chi connectivity index (χ4v) is 3.06. The summed E-state index contributed by atoms with van der Waals surface area (Å²) < 4.78 is 0. The number of carbonyl (C=O) groups is 1. The van der Waals surface area contributed by atoms with Gasteiger partial charge in [-0.2, -0.15) is 4.98 Å². The first-order chi connectivity index (χ1) is 11.6. The molecule has 1 fully saturated rings. The van der Waals surface area contributed by atoms with Gasteiger partial charge in [0.25, 0.3) is 11.8 Å². The van der Waals surface area contributed by atoms with Crippen LogP contribution in [0, 0.1) is 5.92 Å². The van der Waals surface area contributed by atoms with Crippen LogP contribution in [0.2, 0.25) is 0 Å². The topological polar surface area (TPSA) is 108 Å². The van der Waals surface area contributed by atoms with Crippen LogP contribution in [-0.4, -0.2) is 37.1 Å². The van der Waals surface area contributed by atoms with Gasteiger partial charge in [-0.05, 0) is 37.8 Å². The minimum atomic E-state index is -0.635. The molecule has 1 unspecified atom stereocenters.